The zero-order valence-corrected chi connectivity index (χ0v) is 10.8. The minimum atomic E-state index is 0.677. The minimum Gasteiger partial charge on any atom is -0.493 e. The number of aromatic nitrogens is 1. The van der Waals surface area contributed by atoms with Crippen LogP contribution in [0, 0.1) is 5.92 Å². The molecule has 2 aromatic rings. The monoisotopic (exact) mass is 258 g/mol. The molecule has 1 aromatic carbocycles. The molecule has 1 aromatic heterocycles. The predicted octanol–water partition coefficient (Wildman–Crippen LogP) is 2.72. The van der Waals surface area contributed by atoms with Gasteiger partial charge < -0.3 is 14.6 Å². The molecule has 1 aliphatic rings. The molecule has 4 nitrogen and oxygen atoms in total. The van der Waals surface area contributed by atoms with E-state index in [0.717, 1.165) is 36.7 Å². The smallest absolute Gasteiger partial charge is 0.124 e. The van der Waals surface area contributed by atoms with Crippen molar-refractivity contribution < 1.29 is 9.26 Å². The van der Waals surface area contributed by atoms with Gasteiger partial charge in [-0.05, 0) is 56.1 Å². The van der Waals surface area contributed by atoms with Gasteiger partial charge >= 0.3 is 0 Å². The maximum atomic E-state index is 5.85. The fourth-order valence-corrected chi connectivity index (χ4v) is 2.35. The Morgan fingerprint density at radius 2 is 1.95 bits per heavy atom. The van der Waals surface area contributed by atoms with E-state index in [1.807, 2.05) is 30.3 Å². The summed E-state index contributed by atoms with van der Waals surface area (Å²) in [6, 6.07) is 9.85. The van der Waals surface area contributed by atoms with Crippen molar-refractivity contribution in [1.29, 1.82) is 0 Å². The molecular formula is C15H18N2O2. The molecule has 19 heavy (non-hydrogen) atoms. The fraction of sp³-hybridized carbons (Fsp3) is 0.400. The maximum absolute atomic E-state index is 5.85. The number of piperidine rings is 1. The standard InChI is InChI=1S/C15H18N2O2/c1-3-14(18-11-12-5-8-16-9-6-12)4-2-13(1)15-7-10-19-17-15/h1-4,7,10,12,16H,5-6,8-9,11H2. The Hall–Kier alpha value is -1.81. The van der Waals surface area contributed by atoms with Crippen LogP contribution in [0.5, 0.6) is 5.75 Å². The normalized spacial score (nSPS) is 16.4. The van der Waals surface area contributed by atoms with Crippen molar-refractivity contribution in [2.45, 2.75) is 12.8 Å². The molecule has 1 fully saturated rings. The first-order valence-corrected chi connectivity index (χ1v) is 6.76. The van der Waals surface area contributed by atoms with E-state index in [4.69, 9.17) is 9.26 Å². The molecule has 0 atom stereocenters. The summed E-state index contributed by atoms with van der Waals surface area (Å²) in [6.45, 7) is 3.03. The third-order valence-electron chi connectivity index (χ3n) is 3.53. The Bertz CT molecular complexity index is 487. The number of nitrogens with one attached hydrogen (secondary N) is 1. The zero-order chi connectivity index (χ0) is 12.9. The highest BCUT2D eigenvalue weighted by atomic mass is 16.5. The van der Waals surface area contributed by atoms with Gasteiger partial charge in [-0.25, -0.2) is 0 Å². The second-order valence-corrected chi connectivity index (χ2v) is 4.91. The molecule has 3 rings (SSSR count). The van der Waals surface area contributed by atoms with Crippen LogP contribution in [-0.4, -0.2) is 24.9 Å². The second-order valence-electron chi connectivity index (χ2n) is 4.91. The van der Waals surface area contributed by atoms with Gasteiger partial charge in [0, 0.05) is 11.6 Å². The number of hydrogen-bond donors (Lipinski definition) is 1. The SMILES string of the molecule is c1cc(-c2ccc(OCC3CCNCC3)cc2)no1. The van der Waals surface area contributed by atoms with Crippen LogP contribution in [0.2, 0.25) is 0 Å². The molecule has 0 saturated carbocycles. The quantitative estimate of drug-likeness (QED) is 0.916. The fourth-order valence-electron chi connectivity index (χ4n) is 2.35. The average Bonchev–Trinajstić information content (AvgIpc) is 3.01. The molecule has 0 amide bonds. The van der Waals surface area contributed by atoms with Crippen molar-refractivity contribution in [3.8, 4) is 17.0 Å². The molecule has 1 N–H and O–H groups in total. The van der Waals surface area contributed by atoms with Crippen LogP contribution in [0.4, 0.5) is 0 Å². The van der Waals surface area contributed by atoms with Gasteiger partial charge in [0.05, 0.1) is 6.61 Å². The Kier molecular flexibility index (Phi) is 3.79. The van der Waals surface area contributed by atoms with Gasteiger partial charge in [-0.3, -0.25) is 0 Å². The van der Waals surface area contributed by atoms with Crippen molar-refractivity contribution in [2.24, 2.45) is 5.92 Å². The highest BCUT2D eigenvalue weighted by molar-refractivity contribution is 5.58. The lowest BCUT2D eigenvalue weighted by Crippen LogP contribution is -2.30. The Morgan fingerprint density at radius 3 is 2.63 bits per heavy atom. The summed E-state index contributed by atoms with van der Waals surface area (Å²) >= 11 is 0. The molecule has 1 saturated heterocycles. The number of benzene rings is 1. The Labute approximate surface area is 112 Å². The van der Waals surface area contributed by atoms with Gasteiger partial charge in [-0.1, -0.05) is 5.16 Å². The average molecular weight is 258 g/mol. The number of rotatable bonds is 4. The molecule has 0 spiro atoms. The lowest BCUT2D eigenvalue weighted by molar-refractivity contribution is 0.215. The number of ether oxygens (including phenoxy) is 1. The summed E-state index contributed by atoms with van der Waals surface area (Å²) in [7, 11) is 0. The maximum Gasteiger partial charge on any atom is 0.124 e. The molecule has 0 radical (unpaired) electrons. The van der Waals surface area contributed by atoms with E-state index < -0.39 is 0 Å². The zero-order valence-electron chi connectivity index (χ0n) is 10.8. The highest BCUT2D eigenvalue weighted by Crippen LogP contribution is 2.22. The Balaban J connectivity index is 1.57. The van der Waals surface area contributed by atoms with Crippen molar-refractivity contribution in [2.75, 3.05) is 19.7 Å². The molecular weight excluding hydrogens is 240 g/mol. The van der Waals surface area contributed by atoms with Crippen LogP contribution >= 0.6 is 0 Å². The summed E-state index contributed by atoms with van der Waals surface area (Å²) in [5, 5.41) is 7.28. The van der Waals surface area contributed by atoms with Crippen molar-refractivity contribution in [3.63, 3.8) is 0 Å². The summed E-state index contributed by atoms with van der Waals surface area (Å²) in [5.74, 6) is 1.60. The van der Waals surface area contributed by atoms with E-state index in [1.165, 1.54) is 12.8 Å². The predicted molar refractivity (Wildman–Crippen MR) is 73.0 cm³/mol. The summed E-state index contributed by atoms with van der Waals surface area (Å²) < 4.78 is 10.7. The van der Waals surface area contributed by atoms with E-state index in [2.05, 4.69) is 10.5 Å². The van der Waals surface area contributed by atoms with Gasteiger partial charge in [0.1, 0.15) is 17.7 Å². The highest BCUT2D eigenvalue weighted by Gasteiger charge is 2.13. The Morgan fingerprint density at radius 1 is 1.16 bits per heavy atom. The molecule has 0 aliphatic carbocycles. The molecule has 1 aliphatic heterocycles. The topological polar surface area (TPSA) is 47.3 Å². The first-order chi connectivity index (χ1) is 9.42. The van der Waals surface area contributed by atoms with Gasteiger partial charge in [0.25, 0.3) is 0 Å². The first kappa shape index (κ1) is 12.2. The van der Waals surface area contributed by atoms with Gasteiger partial charge in [-0.15, -0.1) is 0 Å². The summed E-state index contributed by atoms with van der Waals surface area (Å²) in [4.78, 5) is 0. The number of nitrogens with zero attached hydrogens (tertiary/aromatic N) is 1. The van der Waals surface area contributed by atoms with Crippen LogP contribution in [0.1, 0.15) is 12.8 Å². The van der Waals surface area contributed by atoms with E-state index >= 15 is 0 Å². The first-order valence-electron chi connectivity index (χ1n) is 6.76. The van der Waals surface area contributed by atoms with Crippen molar-refractivity contribution in [3.05, 3.63) is 36.6 Å². The van der Waals surface area contributed by atoms with E-state index in [-0.39, 0.29) is 0 Å². The second kappa shape index (κ2) is 5.89. The summed E-state index contributed by atoms with van der Waals surface area (Å²) in [6.07, 6.45) is 3.99. The third-order valence-corrected chi connectivity index (χ3v) is 3.53. The molecule has 0 bridgehead atoms. The van der Waals surface area contributed by atoms with Gasteiger partial charge in [0.15, 0.2) is 0 Å². The van der Waals surface area contributed by atoms with Crippen LogP contribution in [0.25, 0.3) is 11.3 Å². The van der Waals surface area contributed by atoms with Gasteiger partial charge in [0.2, 0.25) is 0 Å². The molecule has 0 unspecified atom stereocenters. The lowest BCUT2D eigenvalue weighted by Gasteiger charge is -2.22. The molecule has 4 heteroatoms. The van der Waals surface area contributed by atoms with Crippen molar-refractivity contribution >= 4 is 0 Å². The van der Waals surface area contributed by atoms with E-state index in [1.54, 1.807) is 6.26 Å². The van der Waals surface area contributed by atoms with Crippen LogP contribution in [-0.2, 0) is 0 Å². The third kappa shape index (κ3) is 3.15. The van der Waals surface area contributed by atoms with Crippen LogP contribution in [0.3, 0.4) is 0 Å². The lowest BCUT2D eigenvalue weighted by atomic mass is 9.99. The minimum absolute atomic E-state index is 0.677. The van der Waals surface area contributed by atoms with Gasteiger partial charge in [-0.2, -0.15) is 0 Å². The van der Waals surface area contributed by atoms with Crippen LogP contribution < -0.4 is 10.1 Å². The van der Waals surface area contributed by atoms with E-state index in [0.29, 0.717) is 5.92 Å². The summed E-state index contributed by atoms with van der Waals surface area (Å²) in [5.41, 5.74) is 1.90. The number of hydrogen-bond acceptors (Lipinski definition) is 4. The largest absolute Gasteiger partial charge is 0.493 e. The van der Waals surface area contributed by atoms with Crippen LogP contribution in [0.15, 0.2) is 41.1 Å². The molecule has 2 heterocycles. The van der Waals surface area contributed by atoms with E-state index in [9.17, 15) is 0 Å². The van der Waals surface area contributed by atoms with Crippen molar-refractivity contribution in [1.82, 2.24) is 10.5 Å². The molecule has 100 valence electrons.